The largest absolute Gasteiger partial charge is 0.480 e. The zero-order valence-electron chi connectivity index (χ0n) is 20.5. The minimum Gasteiger partial charge on any atom is -0.480 e. The van der Waals surface area contributed by atoms with E-state index < -0.39 is 54.0 Å². The Morgan fingerprint density at radius 1 is 0.818 bits per heavy atom. The van der Waals surface area contributed by atoms with E-state index in [1.165, 1.54) is 6.92 Å². The number of nitrogens with two attached hydrogens (primary N) is 2. The Balaban J connectivity index is 5.46. The van der Waals surface area contributed by atoms with E-state index in [9.17, 15) is 29.4 Å². The van der Waals surface area contributed by atoms with Gasteiger partial charge in [0.05, 0.1) is 12.1 Å². The number of carboxylic acid groups (broad SMARTS) is 1. The molecule has 0 saturated heterocycles. The van der Waals surface area contributed by atoms with Gasteiger partial charge in [0.1, 0.15) is 18.1 Å². The Morgan fingerprint density at radius 2 is 1.33 bits per heavy atom. The third-order valence-electron chi connectivity index (χ3n) is 5.98. The number of carboxylic acids is 1. The fourth-order valence-electron chi connectivity index (χ4n) is 3.12. The van der Waals surface area contributed by atoms with Crippen LogP contribution in [0, 0.1) is 11.8 Å². The molecule has 33 heavy (non-hydrogen) atoms. The smallest absolute Gasteiger partial charge is 0.326 e. The summed E-state index contributed by atoms with van der Waals surface area (Å²) in [7, 11) is 0. The third kappa shape index (κ3) is 10.5. The minimum atomic E-state index is -1.33. The van der Waals surface area contributed by atoms with Gasteiger partial charge in [0.15, 0.2) is 0 Å². The van der Waals surface area contributed by atoms with Crippen molar-refractivity contribution in [1.82, 2.24) is 16.0 Å². The van der Waals surface area contributed by atoms with E-state index in [0.717, 1.165) is 0 Å². The number of unbranched alkanes of at least 4 members (excludes halogenated alkanes) is 1. The summed E-state index contributed by atoms with van der Waals surface area (Å²) in [5.74, 6) is -3.63. The van der Waals surface area contributed by atoms with Crippen LogP contribution in [-0.2, 0) is 19.2 Å². The highest BCUT2D eigenvalue weighted by Gasteiger charge is 2.34. The lowest BCUT2D eigenvalue weighted by atomic mass is 9.96. The van der Waals surface area contributed by atoms with Gasteiger partial charge in [-0.15, -0.1) is 0 Å². The summed E-state index contributed by atoms with van der Waals surface area (Å²) >= 11 is 0. The van der Waals surface area contributed by atoms with Crippen LogP contribution in [0.5, 0.6) is 0 Å². The summed E-state index contributed by atoms with van der Waals surface area (Å²) in [4.78, 5) is 49.8. The first-order valence-electron chi connectivity index (χ1n) is 11.7. The maximum absolute atomic E-state index is 12.9. The topological polar surface area (TPSA) is 197 Å². The fourth-order valence-corrected chi connectivity index (χ4v) is 3.12. The Bertz CT molecular complexity index is 645. The number of aliphatic carboxylic acids is 1. The lowest BCUT2D eigenvalue weighted by Gasteiger charge is -2.29. The highest BCUT2D eigenvalue weighted by molar-refractivity contribution is 5.94. The molecule has 0 radical (unpaired) electrons. The molecular weight excluding hydrogens is 430 g/mol. The lowest BCUT2D eigenvalue weighted by Crippen LogP contribution is -2.61. The third-order valence-corrected chi connectivity index (χ3v) is 5.98. The summed E-state index contributed by atoms with van der Waals surface area (Å²) in [6.07, 6.45) is 1.29. The maximum atomic E-state index is 12.9. The number of rotatable bonds is 16. The van der Waals surface area contributed by atoms with Crippen molar-refractivity contribution in [2.45, 2.75) is 97.0 Å². The molecule has 0 aliphatic rings. The first-order chi connectivity index (χ1) is 15.4. The van der Waals surface area contributed by atoms with Crippen molar-refractivity contribution in [1.29, 1.82) is 0 Å². The Morgan fingerprint density at radius 3 is 1.79 bits per heavy atom. The molecule has 7 unspecified atom stereocenters. The van der Waals surface area contributed by atoms with Crippen LogP contribution >= 0.6 is 0 Å². The number of carbonyl (C=O) groups is 4. The molecule has 0 aliphatic carbocycles. The number of amides is 3. The van der Waals surface area contributed by atoms with Crippen LogP contribution in [0.1, 0.15) is 66.7 Å². The Labute approximate surface area is 196 Å². The number of aliphatic hydroxyl groups is 1. The number of aliphatic hydroxyl groups excluding tert-OH is 1. The zero-order chi connectivity index (χ0) is 25.7. The maximum Gasteiger partial charge on any atom is 0.326 e. The van der Waals surface area contributed by atoms with E-state index in [1.54, 1.807) is 13.8 Å². The summed E-state index contributed by atoms with van der Waals surface area (Å²) in [6.45, 7) is 9.01. The molecule has 9 N–H and O–H groups in total. The molecule has 0 bridgehead atoms. The van der Waals surface area contributed by atoms with E-state index in [4.69, 9.17) is 11.5 Å². The predicted molar refractivity (Wildman–Crippen MR) is 125 cm³/mol. The second-order valence-electron chi connectivity index (χ2n) is 8.69. The predicted octanol–water partition coefficient (Wildman–Crippen LogP) is -0.545. The molecule has 0 aromatic rings. The van der Waals surface area contributed by atoms with Crippen LogP contribution < -0.4 is 27.4 Å². The molecule has 3 amide bonds. The van der Waals surface area contributed by atoms with E-state index in [-0.39, 0.29) is 18.3 Å². The fraction of sp³-hybridized carbons (Fsp3) is 0.818. The SMILES string of the molecule is CCC(C)C(N)C(=O)NC(C(=O)NC(C(=O)NC(CCCCN)C(=O)O)C(C)CC)C(C)O. The Hall–Kier alpha value is -2.24. The molecule has 0 spiro atoms. The van der Waals surface area contributed by atoms with Gasteiger partial charge in [-0.2, -0.15) is 0 Å². The van der Waals surface area contributed by atoms with Gasteiger partial charge >= 0.3 is 5.97 Å². The second kappa shape index (κ2) is 15.6. The summed E-state index contributed by atoms with van der Waals surface area (Å²) in [5, 5.41) is 27.0. The van der Waals surface area contributed by atoms with Crippen molar-refractivity contribution in [2.24, 2.45) is 23.3 Å². The first kappa shape index (κ1) is 30.8. The molecule has 0 aliphatic heterocycles. The van der Waals surface area contributed by atoms with Gasteiger partial charge in [0.25, 0.3) is 0 Å². The average molecular weight is 474 g/mol. The summed E-state index contributed by atoms with van der Waals surface area (Å²) in [5.41, 5.74) is 11.4. The first-order valence-corrected chi connectivity index (χ1v) is 11.7. The van der Waals surface area contributed by atoms with Crippen molar-refractivity contribution in [2.75, 3.05) is 6.54 Å². The molecule has 0 aromatic carbocycles. The van der Waals surface area contributed by atoms with Crippen molar-refractivity contribution in [3.05, 3.63) is 0 Å². The molecular formula is C22H43N5O6. The molecule has 11 nitrogen and oxygen atoms in total. The number of carbonyl (C=O) groups excluding carboxylic acids is 3. The molecule has 0 fully saturated rings. The van der Waals surface area contributed by atoms with Crippen molar-refractivity contribution >= 4 is 23.7 Å². The molecule has 7 atom stereocenters. The monoisotopic (exact) mass is 473 g/mol. The molecule has 0 aromatic heterocycles. The van der Waals surface area contributed by atoms with Crippen LogP contribution in [0.25, 0.3) is 0 Å². The average Bonchev–Trinajstić information content (AvgIpc) is 2.77. The molecule has 0 rings (SSSR count). The van der Waals surface area contributed by atoms with Crippen molar-refractivity contribution < 1.29 is 29.4 Å². The Kier molecular flexibility index (Phi) is 14.5. The molecule has 0 heterocycles. The van der Waals surface area contributed by atoms with Crippen LogP contribution in [0.2, 0.25) is 0 Å². The number of nitrogens with one attached hydrogen (secondary N) is 3. The van der Waals surface area contributed by atoms with E-state index in [0.29, 0.717) is 32.2 Å². The molecule has 0 saturated carbocycles. The molecule has 192 valence electrons. The quantitative estimate of drug-likeness (QED) is 0.145. The van der Waals surface area contributed by atoms with E-state index in [2.05, 4.69) is 16.0 Å². The molecule has 11 heteroatoms. The van der Waals surface area contributed by atoms with Gasteiger partial charge < -0.3 is 37.6 Å². The van der Waals surface area contributed by atoms with Crippen molar-refractivity contribution in [3.8, 4) is 0 Å². The summed E-state index contributed by atoms with van der Waals surface area (Å²) in [6, 6.07) is -4.36. The van der Waals surface area contributed by atoms with Crippen LogP contribution in [0.15, 0.2) is 0 Å². The number of hydrogen-bond acceptors (Lipinski definition) is 7. The van der Waals surface area contributed by atoms with Crippen LogP contribution in [0.4, 0.5) is 0 Å². The second-order valence-corrected chi connectivity index (χ2v) is 8.69. The van der Waals surface area contributed by atoms with Gasteiger partial charge in [0, 0.05) is 0 Å². The van der Waals surface area contributed by atoms with Gasteiger partial charge in [-0.1, -0.05) is 40.5 Å². The van der Waals surface area contributed by atoms with Gasteiger partial charge in [-0.05, 0) is 44.6 Å². The lowest BCUT2D eigenvalue weighted by molar-refractivity contribution is -0.143. The van der Waals surface area contributed by atoms with Gasteiger partial charge in [-0.25, -0.2) is 4.79 Å². The zero-order valence-corrected chi connectivity index (χ0v) is 20.5. The van der Waals surface area contributed by atoms with Crippen LogP contribution in [0.3, 0.4) is 0 Å². The van der Waals surface area contributed by atoms with Gasteiger partial charge in [-0.3, -0.25) is 14.4 Å². The highest BCUT2D eigenvalue weighted by atomic mass is 16.4. The van der Waals surface area contributed by atoms with Crippen molar-refractivity contribution in [3.63, 3.8) is 0 Å². The van der Waals surface area contributed by atoms with Crippen LogP contribution in [-0.4, -0.2) is 70.7 Å². The van der Waals surface area contributed by atoms with E-state index >= 15 is 0 Å². The number of hydrogen-bond donors (Lipinski definition) is 7. The van der Waals surface area contributed by atoms with E-state index in [1.807, 2.05) is 13.8 Å². The minimum absolute atomic E-state index is 0.131. The highest BCUT2D eigenvalue weighted by Crippen LogP contribution is 2.11. The normalized spacial score (nSPS) is 17.6. The van der Waals surface area contributed by atoms with Gasteiger partial charge in [0.2, 0.25) is 17.7 Å². The summed E-state index contributed by atoms with van der Waals surface area (Å²) < 4.78 is 0. The standard InChI is InChI=1S/C22H43N5O6/c1-6-12(3)16(24)19(29)27-18(14(5)28)21(31)26-17(13(4)7-2)20(30)25-15(22(32)33)10-8-9-11-23/h12-18,28H,6-11,23-24H2,1-5H3,(H,25,30)(H,26,31)(H,27,29)(H,32,33).